The van der Waals surface area contributed by atoms with Gasteiger partial charge in [0, 0.05) is 17.5 Å². The highest BCUT2D eigenvalue weighted by Crippen LogP contribution is 2.34. The van der Waals surface area contributed by atoms with Gasteiger partial charge < -0.3 is 10.5 Å². The summed E-state index contributed by atoms with van der Waals surface area (Å²) in [4.78, 5) is 0. The van der Waals surface area contributed by atoms with Crippen molar-refractivity contribution >= 4 is 21.4 Å². The first kappa shape index (κ1) is 15.1. The van der Waals surface area contributed by atoms with E-state index in [1.54, 1.807) is 0 Å². The predicted molar refractivity (Wildman–Crippen MR) is 83.8 cm³/mol. The standard InChI is InChI=1S/C15H20ClNO3S/c16-12-7-10-4-5-20-15(10)11(8-12)9-13(17)14-3-1-2-6-21(14,18)19/h7-8,13-14H,1-6,9,17H2. The molecule has 21 heavy (non-hydrogen) atoms. The van der Waals surface area contributed by atoms with Crippen LogP contribution in [0.4, 0.5) is 0 Å². The molecule has 1 saturated heterocycles. The number of sulfone groups is 1. The molecule has 1 aromatic carbocycles. The first-order chi connectivity index (χ1) is 9.97. The lowest BCUT2D eigenvalue weighted by molar-refractivity contribution is 0.352. The quantitative estimate of drug-likeness (QED) is 0.922. The first-order valence-electron chi connectivity index (χ1n) is 7.38. The molecule has 0 aromatic heterocycles. The van der Waals surface area contributed by atoms with Crippen molar-refractivity contribution in [3.8, 4) is 5.75 Å². The zero-order valence-electron chi connectivity index (χ0n) is 11.8. The van der Waals surface area contributed by atoms with Crippen molar-refractivity contribution in [3.05, 3.63) is 28.3 Å². The van der Waals surface area contributed by atoms with E-state index in [0.717, 1.165) is 36.1 Å². The van der Waals surface area contributed by atoms with E-state index in [-0.39, 0.29) is 5.75 Å². The van der Waals surface area contributed by atoms with Gasteiger partial charge in [-0.2, -0.15) is 0 Å². The van der Waals surface area contributed by atoms with Crippen LogP contribution < -0.4 is 10.5 Å². The third kappa shape index (κ3) is 3.05. The summed E-state index contributed by atoms with van der Waals surface area (Å²) in [5.41, 5.74) is 8.25. The average molecular weight is 330 g/mol. The maximum absolute atomic E-state index is 12.2. The molecule has 2 aliphatic heterocycles. The summed E-state index contributed by atoms with van der Waals surface area (Å²) < 4.78 is 30.0. The van der Waals surface area contributed by atoms with Crippen molar-refractivity contribution in [2.24, 2.45) is 5.73 Å². The molecule has 0 spiro atoms. The smallest absolute Gasteiger partial charge is 0.154 e. The normalized spacial score (nSPS) is 25.1. The number of nitrogens with two attached hydrogens (primary N) is 1. The number of halogens is 1. The molecule has 0 radical (unpaired) electrons. The third-order valence-electron chi connectivity index (χ3n) is 4.39. The molecule has 4 nitrogen and oxygen atoms in total. The molecule has 2 unspecified atom stereocenters. The summed E-state index contributed by atoms with van der Waals surface area (Å²) in [5, 5.41) is 0.218. The summed E-state index contributed by atoms with van der Waals surface area (Å²) in [7, 11) is -3.07. The predicted octanol–water partition coefficient (Wildman–Crippen LogP) is 2.11. The SMILES string of the molecule is NC(Cc1cc(Cl)cc2c1OCC2)C1CCCCS1(=O)=O. The van der Waals surface area contributed by atoms with Crippen molar-refractivity contribution in [1.82, 2.24) is 0 Å². The molecule has 2 atom stereocenters. The van der Waals surface area contributed by atoms with E-state index in [1.165, 1.54) is 0 Å². The largest absolute Gasteiger partial charge is 0.493 e. The zero-order chi connectivity index (χ0) is 15.0. The molecule has 6 heteroatoms. The molecule has 2 heterocycles. The molecular formula is C15H20ClNO3S. The number of rotatable bonds is 3. The van der Waals surface area contributed by atoms with Crippen molar-refractivity contribution in [2.75, 3.05) is 12.4 Å². The second-order valence-corrected chi connectivity index (χ2v) is 8.70. The lowest BCUT2D eigenvalue weighted by atomic mass is 9.98. The Bertz CT molecular complexity index is 645. The van der Waals surface area contributed by atoms with Crippen LogP contribution in [-0.2, 0) is 22.7 Å². The van der Waals surface area contributed by atoms with Crippen LogP contribution in [0, 0.1) is 0 Å². The topological polar surface area (TPSA) is 69.4 Å². The minimum absolute atomic E-state index is 0.259. The Morgan fingerprint density at radius 2 is 2.19 bits per heavy atom. The number of hydrogen-bond acceptors (Lipinski definition) is 4. The lowest BCUT2D eigenvalue weighted by Crippen LogP contribution is -2.44. The van der Waals surface area contributed by atoms with Gasteiger partial charge >= 0.3 is 0 Å². The van der Waals surface area contributed by atoms with Crippen LogP contribution in [0.5, 0.6) is 5.75 Å². The van der Waals surface area contributed by atoms with Crippen LogP contribution in [-0.4, -0.2) is 32.1 Å². The summed E-state index contributed by atoms with van der Waals surface area (Å²) in [6.45, 7) is 0.652. The van der Waals surface area contributed by atoms with E-state index in [4.69, 9.17) is 22.1 Å². The summed E-state index contributed by atoms with van der Waals surface area (Å²) in [5.74, 6) is 1.11. The van der Waals surface area contributed by atoms with Crippen molar-refractivity contribution < 1.29 is 13.2 Å². The maximum atomic E-state index is 12.2. The summed E-state index contributed by atoms with van der Waals surface area (Å²) in [6, 6.07) is 3.36. The van der Waals surface area contributed by atoms with Gasteiger partial charge in [0.25, 0.3) is 0 Å². The fourth-order valence-corrected chi connectivity index (χ4v) is 5.67. The van der Waals surface area contributed by atoms with Gasteiger partial charge in [0.1, 0.15) is 5.75 Å². The second-order valence-electron chi connectivity index (χ2n) is 5.92. The van der Waals surface area contributed by atoms with Crippen LogP contribution in [0.15, 0.2) is 12.1 Å². The average Bonchev–Trinajstić information content (AvgIpc) is 2.86. The fraction of sp³-hybridized carbons (Fsp3) is 0.600. The molecule has 2 aliphatic rings. The van der Waals surface area contributed by atoms with E-state index < -0.39 is 21.1 Å². The molecule has 0 bridgehead atoms. The molecule has 1 aromatic rings. The highest BCUT2D eigenvalue weighted by atomic mass is 35.5. The van der Waals surface area contributed by atoms with Crippen LogP contribution in [0.25, 0.3) is 0 Å². The molecule has 116 valence electrons. The van der Waals surface area contributed by atoms with Gasteiger partial charge in [0.15, 0.2) is 9.84 Å². The van der Waals surface area contributed by atoms with Gasteiger partial charge in [-0.1, -0.05) is 18.0 Å². The van der Waals surface area contributed by atoms with Crippen molar-refractivity contribution in [2.45, 2.75) is 43.4 Å². The molecular weight excluding hydrogens is 310 g/mol. The number of hydrogen-bond donors (Lipinski definition) is 1. The summed E-state index contributed by atoms with van der Waals surface area (Å²) >= 11 is 6.14. The minimum Gasteiger partial charge on any atom is -0.493 e. The van der Waals surface area contributed by atoms with Gasteiger partial charge in [0.2, 0.25) is 0 Å². The maximum Gasteiger partial charge on any atom is 0.154 e. The monoisotopic (exact) mass is 329 g/mol. The van der Waals surface area contributed by atoms with Gasteiger partial charge in [0.05, 0.1) is 17.6 Å². The van der Waals surface area contributed by atoms with Gasteiger partial charge in [-0.25, -0.2) is 8.42 Å². The molecule has 2 N–H and O–H groups in total. The van der Waals surface area contributed by atoms with Crippen LogP contribution in [0.2, 0.25) is 5.02 Å². The Kier molecular flexibility index (Phi) is 4.17. The Morgan fingerprint density at radius 1 is 1.38 bits per heavy atom. The van der Waals surface area contributed by atoms with Gasteiger partial charge in [-0.3, -0.25) is 0 Å². The molecule has 1 fully saturated rings. The number of fused-ring (bicyclic) bond motifs is 1. The third-order valence-corrected chi connectivity index (χ3v) is 6.97. The van der Waals surface area contributed by atoms with Gasteiger partial charge in [-0.15, -0.1) is 0 Å². The number of benzene rings is 1. The summed E-state index contributed by atoms with van der Waals surface area (Å²) in [6.07, 6.45) is 3.68. The van der Waals surface area contributed by atoms with Crippen molar-refractivity contribution in [3.63, 3.8) is 0 Å². The van der Waals surface area contributed by atoms with Crippen LogP contribution in [0.3, 0.4) is 0 Å². The lowest BCUT2D eigenvalue weighted by Gasteiger charge is -2.28. The first-order valence-corrected chi connectivity index (χ1v) is 9.48. The van der Waals surface area contributed by atoms with E-state index in [9.17, 15) is 8.42 Å². The van der Waals surface area contributed by atoms with E-state index >= 15 is 0 Å². The second kappa shape index (κ2) is 5.78. The molecule has 0 amide bonds. The molecule has 3 rings (SSSR count). The van der Waals surface area contributed by atoms with Gasteiger partial charge in [-0.05, 0) is 42.5 Å². The highest BCUT2D eigenvalue weighted by molar-refractivity contribution is 7.92. The van der Waals surface area contributed by atoms with Crippen LogP contribution >= 0.6 is 11.6 Å². The highest BCUT2D eigenvalue weighted by Gasteiger charge is 2.34. The molecule has 0 aliphatic carbocycles. The number of ether oxygens (including phenoxy) is 1. The minimum atomic E-state index is -3.07. The van der Waals surface area contributed by atoms with Crippen LogP contribution in [0.1, 0.15) is 30.4 Å². The Balaban J connectivity index is 1.84. The Labute approximate surface area is 130 Å². The van der Waals surface area contributed by atoms with E-state index in [1.807, 2.05) is 12.1 Å². The Morgan fingerprint density at radius 3 is 2.95 bits per heavy atom. The van der Waals surface area contributed by atoms with E-state index in [0.29, 0.717) is 24.5 Å². The zero-order valence-corrected chi connectivity index (χ0v) is 13.4. The molecule has 0 saturated carbocycles. The van der Waals surface area contributed by atoms with E-state index in [2.05, 4.69) is 0 Å². The Hall–Kier alpha value is -0.780. The van der Waals surface area contributed by atoms with Crippen molar-refractivity contribution in [1.29, 1.82) is 0 Å². The fourth-order valence-electron chi connectivity index (χ4n) is 3.34.